The molecule has 4 N–H and O–H groups in total. The van der Waals surface area contributed by atoms with Crippen LogP contribution in [-0.2, 0) is 9.53 Å². The number of hydrogen-bond acceptors (Lipinski definition) is 4. The van der Waals surface area contributed by atoms with Gasteiger partial charge in [-0.3, -0.25) is 4.79 Å². The van der Waals surface area contributed by atoms with Gasteiger partial charge >= 0.3 is 12.1 Å². The van der Waals surface area contributed by atoms with E-state index in [-0.39, 0.29) is 19.0 Å². The minimum absolute atomic E-state index is 0. The van der Waals surface area contributed by atoms with Crippen molar-refractivity contribution in [2.24, 2.45) is 5.73 Å². The molecule has 15 heavy (non-hydrogen) atoms. The highest BCUT2D eigenvalue weighted by molar-refractivity contribution is 5.85. The van der Waals surface area contributed by atoms with Gasteiger partial charge in [0.1, 0.15) is 11.6 Å². The van der Waals surface area contributed by atoms with Gasteiger partial charge in [0, 0.05) is 6.54 Å². The van der Waals surface area contributed by atoms with Gasteiger partial charge in [0.15, 0.2) is 0 Å². The number of carboxylic acids is 1. The Bertz CT molecular complexity index is 227. The molecule has 0 saturated heterocycles. The highest BCUT2D eigenvalue weighted by Crippen LogP contribution is 2.06. The summed E-state index contributed by atoms with van der Waals surface area (Å²) >= 11 is 0. The van der Waals surface area contributed by atoms with Gasteiger partial charge < -0.3 is 20.9 Å². The molecule has 0 aromatic rings. The summed E-state index contributed by atoms with van der Waals surface area (Å²) in [6, 6.07) is -1.11. The molecule has 0 aromatic heterocycles. The maximum Gasteiger partial charge on any atom is 0.407 e. The van der Waals surface area contributed by atoms with E-state index in [2.05, 4.69) is 5.32 Å². The number of aliphatic carboxylic acids is 1. The fraction of sp³-hybridized carbons (Fsp3) is 0.750. The first kappa shape index (κ1) is 16.4. The molecule has 0 fully saturated rings. The topological polar surface area (TPSA) is 102 Å². The molecule has 0 aliphatic rings. The molecular weight excluding hydrogens is 224 g/mol. The summed E-state index contributed by atoms with van der Waals surface area (Å²) in [5.74, 6) is -1.17. The lowest BCUT2D eigenvalue weighted by Crippen LogP contribution is -2.44. The van der Waals surface area contributed by atoms with Gasteiger partial charge in [0.25, 0.3) is 0 Å². The summed E-state index contributed by atoms with van der Waals surface area (Å²) in [4.78, 5) is 21.3. The van der Waals surface area contributed by atoms with Crippen LogP contribution in [0.25, 0.3) is 0 Å². The molecule has 1 atom stereocenters. The Labute approximate surface area is 94.6 Å². The van der Waals surface area contributed by atoms with Gasteiger partial charge in [-0.1, -0.05) is 0 Å². The van der Waals surface area contributed by atoms with Crippen LogP contribution in [0, 0.1) is 0 Å². The van der Waals surface area contributed by atoms with E-state index in [1.54, 1.807) is 20.8 Å². The van der Waals surface area contributed by atoms with Gasteiger partial charge in [-0.05, 0) is 20.8 Å². The molecule has 0 unspecified atom stereocenters. The number of alkyl carbamates (subject to hydrolysis) is 1. The van der Waals surface area contributed by atoms with E-state index in [1.165, 1.54) is 0 Å². The molecule has 0 bridgehead atoms. The molecule has 0 aliphatic carbocycles. The number of halogens is 1. The standard InChI is InChI=1S/C8H16N2O4.ClH/c1-8(2,3)14-7(13)10-4-5(9)6(11)12;/h5H,4,9H2,1-3H3,(H,10,13)(H,11,12);1H/t5-;/m1./s1. The van der Waals surface area contributed by atoms with Gasteiger partial charge in [-0.2, -0.15) is 0 Å². The lowest BCUT2D eigenvalue weighted by Gasteiger charge is -2.20. The van der Waals surface area contributed by atoms with Crippen molar-refractivity contribution in [3.05, 3.63) is 0 Å². The monoisotopic (exact) mass is 240 g/mol. The number of rotatable bonds is 3. The lowest BCUT2D eigenvalue weighted by molar-refractivity contribution is -0.138. The molecular formula is C8H17ClN2O4. The zero-order valence-electron chi connectivity index (χ0n) is 8.94. The number of carboxylic acid groups (broad SMARTS) is 1. The molecule has 90 valence electrons. The SMILES string of the molecule is CC(C)(C)OC(=O)NC[C@@H](N)C(=O)O.Cl. The minimum Gasteiger partial charge on any atom is -0.480 e. The smallest absolute Gasteiger partial charge is 0.407 e. The summed E-state index contributed by atoms with van der Waals surface area (Å²) in [5.41, 5.74) is 4.56. The Morgan fingerprint density at radius 3 is 2.27 bits per heavy atom. The van der Waals surface area contributed by atoms with E-state index >= 15 is 0 Å². The van der Waals surface area contributed by atoms with E-state index in [4.69, 9.17) is 15.6 Å². The first-order valence-corrected chi connectivity index (χ1v) is 4.17. The normalized spacial score (nSPS) is 12.3. The molecule has 0 rings (SSSR count). The zero-order valence-corrected chi connectivity index (χ0v) is 9.76. The van der Waals surface area contributed by atoms with Crippen LogP contribution in [0.15, 0.2) is 0 Å². The van der Waals surface area contributed by atoms with E-state index < -0.39 is 23.7 Å². The molecule has 0 heterocycles. The molecule has 0 aromatic carbocycles. The van der Waals surface area contributed by atoms with Gasteiger partial charge in [0.2, 0.25) is 0 Å². The van der Waals surface area contributed by atoms with Gasteiger partial charge in [0.05, 0.1) is 0 Å². The van der Waals surface area contributed by atoms with Crippen molar-refractivity contribution in [1.29, 1.82) is 0 Å². The predicted octanol–water partition coefficient (Wildman–Crippen LogP) is 0.345. The number of amides is 1. The minimum atomic E-state index is -1.17. The second kappa shape index (κ2) is 6.47. The quantitative estimate of drug-likeness (QED) is 0.661. The maximum atomic E-state index is 11.0. The first-order chi connectivity index (χ1) is 6.22. The third-order valence-corrected chi connectivity index (χ3v) is 1.18. The number of hydrogen-bond donors (Lipinski definition) is 3. The van der Waals surface area contributed by atoms with Crippen molar-refractivity contribution >= 4 is 24.5 Å². The van der Waals surface area contributed by atoms with Crippen LogP contribution in [-0.4, -0.2) is 35.4 Å². The highest BCUT2D eigenvalue weighted by Gasteiger charge is 2.18. The average molecular weight is 241 g/mol. The van der Waals surface area contributed by atoms with E-state index in [1.807, 2.05) is 0 Å². The van der Waals surface area contributed by atoms with Crippen molar-refractivity contribution in [3.8, 4) is 0 Å². The van der Waals surface area contributed by atoms with Crippen LogP contribution in [0.5, 0.6) is 0 Å². The average Bonchev–Trinajstić information content (AvgIpc) is 1.96. The molecule has 6 nitrogen and oxygen atoms in total. The van der Waals surface area contributed by atoms with Gasteiger partial charge in [-0.25, -0.2) is 4.79 Å². The lowest BCUT2D eigenvalue weighted by atomic mass is 10.2. The maximum absolute atomic E-state index is 11.0. The van der Waals surface area contributed by atoms with Crippen LogP contribution in [0.1, 0.15) is 20.8 Å². The van der Waals surface area contributed by atoms with E-state index in [0.29, 0.717) is 0 Å². The summed E-state index contributed by atoms with van der Waals surface area (Å²) in [5, 5.41) is 10.7. The number of carbonyl (C=O) groups is 2. The Morgan fingerprint density at radius 1 is 1.47 bits per heavy atom. The number of carbonyl (C=O) groups excluding carboxylic acids is 1. The Morgan fingerprint density at radius 2 is 1.93 bits per heavy atom. The molecule has 7 heteroatoms. The third-order valence-electron chi connectivity index (χ3n) is 1.18. The molecule has 0 spiro atoms. The zero-order chi connectivity index (χ0) is 11.4. The first-order valence-electron chi connectivity index (χ1n) is 4.17. The fourth-order valence-corrected chi connectivity index (χ4v) is 0.595. The summed E-state index contributed by atoms with van der Waals surface area (Å²) in [6.45, 7) is 4.99. The van der Waals surface area contributed by atoms with Crippen LogP contribution in [0.4, 0.5) is 4.79 Å². The molecule has 1 amide bonds. The molecule has 0 radical (unpaired) electrons. The fourth-order valence-electron chi connectivity index (χ4n) is 0.595. The molecule has 0 aliphatic heterocycles. The van der Waals surface area contributed by atoms with Crippen LogP contribution in [0.3, 0.4) is 0 Å². The van der Waals surface area contributed by atoms with Crippen LogP contribution < -0.4 is 11.1 Å². The van der Waals surface area contributed by atoms with Crippen molar-refractivity contribution in [3.63, 3.8) is 0 Å². The van der Waals surface area contributed by atoms with Crippen LogP contribution >= 0.6 is 12.4 Å². The summed E-state index contributed by atoms with van der Waals surface area (Å²) < 4.78 is 4.87. The second-order valence-corrected chi connectivity index (χ2v) is 3.83. The molecule has 0 saturated carbocycles. The Balaban J connectivity index is 0. The van der Waals surface area contributed by atoms with E-state index in [0.717, 1.165) is 0 Å². The Hall–Kier alpha value is -1.01. The van der Waals surface area contributed by atoms with Crippen molar-refractivity contribution < 1.29 is 19.4 Å². The largest absolute Gasteiger partial charge is 0.480 e. The summed E-state index contributed by atoms with van der Waals surface area (Å²) in [6.07, 6.45) is -0.672. The predicted molar refractivity (Wildman–Crippen MR) is 57.1 cm³/mol. The van der Waals surface area contributed by atoms with Crippen molar-refractivity contribution in [1.82, 2.24) is 5.32 Å². The number of nitrogens with two attached hydrogens (primary N) is 1. The summed E-state index contributed by atoms with van der Waals surface area (Å²) in [7, 11) is 0. The van der Waals surface area contributed by atoms with E-state index in [9.17, 15) is 9.59 Å². The third kappa shape index (κ3) is 9.30. The van der Waals surface area contributed by atoms with Crippen molar-refractivity contribution in [2.75, 3.05) is 6.54 Å². The second-order valence-electron chi connectivity index (χ2n) is 3.83. The highest BCUT2D eigenvalue weighted by atomic mass is 35.5. The number of nitrogens with one attached hydrogen (secondary N) is 1. The van der Waals surface area contributed by atoms with Crippen LogP contribution in [0.2, 0.25) is 0 Å². The Kier molecular flexibility index (Phi) is 7.08. The number of ether oxygens (including phenoxy) is 1. The van der Waals surface area contributed by atoms with Gasteiger partial charge in [-0.15, -0.1) is 12.4 Å². The van der Waals surface area contributed by atoms with Crippen molar-refractivity contribution in [2.45, 2.75) is 32.4 Å².